The van der Waals surface area contributed by atoms with Crippen LogP contribution in [0.4, 0.5) is 4.79 Å². The molecule has 0 radical (unpaired) electrons. The van der Waals surface area contributed by atoms with Gasteiger partial charge in [-0.2, -0.15) is 0 Å². The highest BCUT2D eigenvalue weighted by Gasteiger charge is 2.44. The molecule has 9 nitrogen and oxygen atoms in total. The van der Waals surface area contributed by atoms with Crippen molar-refractivity contribution in [3.8, 4) is 11.1 Å². The first-order valence-corrected chi connectivity index (χ1v) is 11.2. The first-order chi connectivity index (χ1) is 16.1. The van der Waals surface area contributed by atoms with Crippen LogP contribution >= 0.6 is 0 Å². The summed E-state index contributed by atoms with van der Waals surface area (Å²) in [5, 5.41) is 16.1. The third-order valence-corrected chi connectivity index (χ3v) is 6.23. The van der Waals surface area contributed by atoms with Gasteiger partial charge in [0.25, 0.3) is 0 Å². The van der Waals surface area contributed by atoms with Crippen LogP contribution < -0.4 is 5.32 Å². The van der Waals surface area contributed by atoms with Crippen LogP contribution in [0.25, 0.3) is 21.6 Å². The largest absolute Gasteiger partial charge is 0.480 e. The quantitative estimate of drug-likeness (QED) is 0.233. The number of quaternary nitrogens is 1. The minimum absolute atomic E-state index is 0.0942. The molecule has 0 unspecified atom stereocenters. The van der Waals surface area contributed by atoms with Gasteiger partial charge in [-0.25, -0.2) is 9.59 Å². The van der Waals surface area contributed by atoms with Crippen LogP contribution in [-0.4, -0.2) is 68.5 Å². The molecule has 0 spiro atoms. The fourth-order valence-electron chi connectivity index (χ4n) is 5.04. The first-order valence-electron chi connectivity index (χ1n) is 11.2. The Labute approximate surface area is 199 Å². The molecule has 0 heterocycles. The molecule has 34 heavy (non-hydrogen) atoms. The van der Waals surface area contributed by atoms with Crippen molar-refractivity contribution in [2.45, 2.75) is 25.3 Å². The number of fused-ring (bicyclic) bond motifs is 3. The predicted octanol–water partition coefficient (Wildman–Crippen LogP) is 4.39. The topological polar surface area (TPSA) is 124 Å². The Kier molecular flexibility index (Phi) is 7.49. The number of azide groups is 1. The molecule has 9 heteroatoms. The fraction of sp³-hybridized carbons (Fsp3) is 0.440. The van der Waals surface area contributed by atoms with E-state index < -0.39 is 23.5 Å². The highest BCUT2D eigenvalue weighted by Crippen LogP contribution is 2.44. The minimum Gasteiger partial charge on any atom is -0.480 e. The molecule has 2 aromatic rings. The second kappa shape index (κ2) is 10.2. The predicted molar refractivity (Wildman–Crippen MR) is 129 cm³/mol. The Morgan fingerprint density at radius 3 is 2.21 bits per heavy atom. The van der Waals surface area contributed by atoms with E-state index in [1.165, 1.54) is 0 Å². The second-order valence-corrected chi connectivity index (χ2v) is 10.0. The molecule has 1 amide bonds. The summed E-state index contributed by atoms with van der Waals surface area (Å²) in [6, 6.07) is 14.8. The molecule has 0 saturated heterocycles. The van der Waals surface area contributed by atoms with Crippen LogP contribution in [0, 0.1) is 5.41 Å². The number of aliphatic carboxylic acids is 1. The summed E-state index contributed by atoms with van der Waals surface area (Å²) in [4.78, 5) is 27.8. The van der Waals surface area contributed by atoms with Gasteiger partial charge in [0, 0.05) is 22.8 Å². The summed E-state index contributed by atoms with van der Waals surface area (Å²) in [5.74, 6) is -1.28. The van der Waals surface area contributed by atoms with Crippen molar-refractivity contribution in [2.24, 2.45) is 10.5 Å². The summed E-state index contributed by atoms with van der Waals surface area (Å²) in [7, 11) is 5.83. The normalized spacial score (nSPS) is 15.3. The zero-order chi connectivity index (χ0) is 24.9. The van der Waals surface area contributed by atoms with Gasteiger partial charge in [-0.1, -0.05) is 60.6 Å². The number of benzene rings is 2. The van der Waals surface area contributed by atoms with E-state index in [9.17, 15) is 14.7 Å². The van der Waals surface area contributed by atoms with Gasteiger partial charge >= 0.3 is 12.1 Å². The number of hydrogen-bond acceptors (Lipinski definition) is 4. The van der Waals surface area contributed by atoms with Crippen molar-refractivity contribution in [3.05, 3.63) is 70.1 Å². The van der Waals surface area contributed by atoms with E-state index in [2.05, 4.69) is 27.5 Å². The van der Waals surface area contributed by atoms with E-state index >= 15 is 0 Å². The number of hydrogen-bond donors (Lipinski definition) is 2. The number of ether oxygens (including phenoxy) is 1. The number of nitrogens with zero attached hydrogens (tertiary/aromatic N) is 4. The SMILES string of the molecule is C[C@](CCN=[N+]=[N-])(C[N+](C)(C)C)[C@@H](NC(=O)OCC1c2ccccc2-c2ccccc21)C(=O)O. The van der Waals surface area contributed by atoms with Crippen molar-refractivity contribution in [1.29, 1.82) is 0 Å². The zero-order valence-electron chi connectivity index (χ0n) is 20.1. The monoisotopic (exact) mass is 466 g/mol. The molecule has 180 valence electrons. The summed E-state index contributed by atoms with van der Waals surface area (Å²) in [6.45, 7) is 2.45. The molecular formula is C25H32N5O4+. The highest BCUT2D eigenvalue weighted by molar-refractivity contribution is 5.81. The third-order valence-electron chi connectivity index (χ3n) is 6.23. The number of carbonyl (C=O) groups is 2. The second-order valence-electron chi connectivity index (χ2n) is 10.0. The summed E-state index contributed by atoms with van der Waals surface area (Å²) < 4.78 is 6.05. The first kappa shape index (κ1) is 25.1. The number of rotatable bonds is 10. The lowest BCUT2D eigenvalue weighted by Gasteiger charge is -2.40. The summed E-state index contributed by atoms with van der Waals surface area (Å²) in [6.07, 6.45) is -0.488. The van der Waals surface area contributed by atoms with Gasteiger partial charge in [-0.15, -0.1) is 0 Å². The maximum absolute atomic E-state index is 12.8. The van der Waals surface area contributed by atoms with E-state index in [4.69, 9.17) is 10.3 Å². The average molecular weight is 467 g/mol. The van der Waals surface area contributed by atoms with Crippen LogP contribution in [0.5, 0.6) is 0 Å². The lowest BCUT2D eigenvalue weighted by molar-refractivity contribution is -0.877. The Morgan fingerprint density at radius 2 is 1.71 bits per heavy atom. The van der Waals surface area contributed by atoms with Crippen LogP contribution in [0.1, 0.15) is 30.4 Å². The Bertz CT molecular complexity index is 1060. The van der Waals surface area contributed by atoms with E-state index in [1.807, 2.05) is 57.5 Å². The molecular weight excluding hydrogens is 434 g/mol. The lowest BCUT2D eigenvalue weighted by atomic mass is 9.78. The number of nitrogens with one attached hydrogen (secondary N) is 1. The molecule has 2 aromatic carbocycles. The number of amides is 1. The summed E-state index contributed by atoms with van der Waals surface area (Å²) in [5.41, 5.74) is 12.2. The van der Waals surface area contributed by atoms with Gasteiger partial charge < -0.3 is 19.6 Å². The molecule has 0 aromatic heterocycles. The van der Waals surface area contributed by atoms with Crippen molar-refractivity contribution in [1.82, 2.24) is 5.32 Å². The van der Waals surface area contributed by atoms with Gasteiger partial charge in [0.15, 0.2) is 0 Å². The van der Waals surface area contributed by atoms with Crippen LogP contribution in [0.15, 0.2) is 53.6 Å². The number of carbonyl (C=O) groups excluding carboxylic acids is 1. The van der Waals surface area contributed by atoms with Crippen LogP contribution in [0.2, 0.25) is 0 Å². The lowest BCUT2D eigenvalue weighted by Crippen LogP contribution is -2.58. The Hall–Kier alpha value is -3.55. The average Bonchev–Trinajstić information content (AvgIpc) is 3.08. The molecule has 1 aliphatic rings. The van der Waals surface area contributed by atoms with Gasteiger partial charge in [-0.05, 0) is 34.2 Å². The molecule has 2 N–H and O–H groups in total. The van der Waals surface area contributed by atoms with Gasteiger partial charge in [0.2, 0.25) is 0 Å². The molecule has 0 saturated carbocycles. The molecule has 0 fully saturated rings. The number of alkyl carbamates (subject to hydrolysis) is 1. The molecule has 0 bridgehead atoms. The highest BCUT2D eigenvalue weighted by atomic mass is 16.5. The molecule has 1 aliphatic carbocycles. The van der Waals surface area contributed by atoms with Crippen molar-refractivity contribution >= 4 is 12.1 Å². The molecule has 3 rings (SSSR count). The van der Waals surface area contributed by atoms with E-state index in [0.717, 1.165) is 22.3 Å². The fourth-order valence-corrected chi connectivity index (χ4v) is 5.04. The zero-order valence-corrected chi connectivity index (χ0v) is 20.1. The summed E-state index contributed by atoms with van der Waals surface area (Å²) >= 11 is 0. The van der Waals surface area contributed by atoms with Gasteiger partial charge in [0.05, 0.1) is 27.7 Å². The third kappa shape index (κ3) is 5.68. The van der Waals surface area contributed by atoms with Crippen LogP contribution in [-0.2, 0) is 9.53 Å². The standard InChI is InChI=1S/C25H31N5O4/c1-25(13-14-27-29-26,16-30(2,3)4)22(23(31)32)28-24(33)34-15-21-19-11-7-5-9-17(19)18-10-6-8-12-20(18)21/h5-12,21-22H,13-16H2,1-4H3,(H-,28,31,32,33)/p+1/t22-,25-/m0/s1. The maximum atomic E-state index is 12.8. The van der Waals surface area contributed by atoms with Crippen molar-refractivity contribution < 1.29 is 23.9 Å². The smallest absolute Gasteiger partial charge is 0.407 e. The van der Waals surface area contributed by atoms with Crippen LogP contribution in [0.3, 0.4) is 0 Å². The molecule has 0 aliphatic heterocycles. The number of carboxylic acids is 1. The van der Waals surface area contributed by atoms with E-state index in [-0.39, 0.29) is 19.1 Å². The van der Waals surface area contributed by atoms with E-state index in [0.29, 0.717) is 17.4 Å². The van der Waals surface area contributed by atoms with Crippen molar-refractivity contribution in [2.75, 3.05) is 40.8 Å². The number of carboxylic acid groups (broad SMARTS) is 1. The molecule has 2 atom stereocenters. The Morgan fingerprint density at radius 1 is 1.15 bits per heavy atom. The maximum Gasteiger partial charge on any atom is 0.407 e. The minimum atomic E-state index is -1.21. The van der Waals surface area contributed by atoms with E-state index in [1.54, 1.807) is 6.92 Å². The van der Waals surface area contributed by atoms with Crippen molar-refractivity contribution in [3.63, 3.8) is 0 Å². The van der Waals surface area contributed by atoms with Gasteiger partial charge in [0.1, 0.15) is 12.6 Å². The Balaban J connectivity index is 1.76. The van der Waals surface area contributed by atoms with Gasteiger partial charge in [-0.3, -0.25) is 0 Å².